The van der Waals surface area contributed by atoms with Crippen molar-refractivity contribution >= 4 is 9.84 Å². The van der Waals surface area contributed by atoms with Gasteiger partial charge in [-0.05, 0) is 12.5 Å². The second-order valence-corrected chi connectivity index (χ2v) is 7.76. The molecule has 0 saturated carbocycles. The van der Waals surface area contributed by atoms with Gasteiger partial charge < -0.3 is 10.8 Å². The molecular weight excluding hydrogens is 276 g/mol. The average molecular weight is 298 g/mol. The molecule has 0 bridgehead atoms. The van der Waals surface area contributed by atoms with E-state index in [0.717, 1.165) is 5.56 Å². The third-order valence-electron chi connectivity index (χ3n) is 3.92. The first-order valence-electron chi connectivity index (χ1n) is 6.79. The lowest BCUT2D eigenvalue weighted by atomic mass is 9.93. The number of hydrogen-bond donors (Lipinski definition) is 2. The van der Waals surface area contributed by atoms with Crippen molar-refractivity contribution < 1.29 is 13.5 Å². The largest absolute Gasteiger partial charge is 0.382 e. The topological polar surface area (TPSA) is 83.6 Å². The summed E-state index contributed by atoms with van der Waals surface area (Å²) in [4.78, 5) is 2.00. The Morgan fingerprint density at radius 1 is 1.40 bits per heavy atom. The summed E-state index contributed by atoms with van der Waals surface area (Å²) in [6, 6.07) is 9.20. The zero-order valence-electron chi connectivity index (χ0n) is 11.7. The molecule has 1 saturated heterocycles. The van der Waals surface area contributed by atoms with Crippen molar-refractivity contribution in [3.63, 3.8) is 0 Å². The number of nitrogens with zero attached hydrogens (tertiary/aromatic N) is 1. The van der Waals surface area contributed by atoms with E-state index in [-0.39, 0.29) is 24.1 Å². The number of sulfone groups is 1. The van der Waals surface area contributed by atoms with E-state index in [2.05, 4.69) is 0 Å². The Bertz CT molecular complexity index is 547. The lowest BCUT2D eigenvalue weighted by molar-refractivity contribution is -0.00108. The van der Waals surface area contributed by atoms with E-state index in [1.54, 1.807) is 0 Å². The summed E-state index contributed by atoms with van der Waals surface area (Å²) < 4.78 is 23.2. The van der Waals surface area contributed by atoms with E-state index < -0.39 is 15.4 Å². The van der Waals surface area contributed by atoms with Crippen LogP contribution in [-0.4, -0.2) is 55.6 Å². The molecule has 0 spiro atoms. The number of β-amino-alcohol motifs (C(OH)–C–C–N with tert-alkyl or cyclic N) is 1. The zero-order valence-corrected chi connectivity index (χ0v) is 12.5. The fourth-order valence-corrected chi connectivity index (χ4v) is 4.25. The number of hydrogen-bond acceptors (Lipinski definition) is 5. The molecule has 1 aliphatic rings. The van der Waals surface area contributed by atoms with Crippen LogP contribution in [0.5, 0.6) is 0 Å². The molecule has 20 heavy (non-hydrogen) atoms. The van der Waals surface area contributed by atoms with Gasteiger partial charge in [-0.25, -0.2) is 8.42 Å². The zero-order chi connectivity index (χ0) is 14.8. The Balaban J connectivity index is 2.15. The minimum Gasteiger partial charge on any atom is -0.382 e. The molecule has 0 radical (unpaired) electrons. The highest BCUT2D eigenvalue weighted by atomic mass is 32.2. The van der Waals surface area contributed by atoms with Crippen molar-refractivity contribution in [3.8, 4) is 0 Å². The van der Waals surface area contributed by atoms with Gasteiger partial charge in [-0.2, -0.15) is 0 Å². The molecule has 1 aromatic carbocycles. The first-order valence-corrected chi connectivity index (χ1v) is 8.61. The van der Waals surface area contributed by atoms with Crippen LogP contribution in [0.4, 0.5) is 0 Å². The average Bonchev–Trinajstić information content (AvgIpc) is 2.42. The molecule has 3 N–H and O–H groups in total. The summed E-state index contributed by atoms with van der Waals surface area (Å²) in [6.07, 6.45) is 0. The summed E-state index contributed by atoms with van der Waals surface area (Å²) in [5.41, 5.74) is 5.38. The van der Waals surface area contributed by atoms with Gasteiger partial charge in [0.2, 0.25) is 0 Å². The standard InChI is InChI=1S/C14H22N2O3S/c1-12-9-20(18,19)8-7-16(12)11-14(17,10-15)13-5-3-2-4-6-13/h2-6,12,17H,7-11,15H2,1H3. The third-order valence-corrected chi connectivity index (χ3v) is 5.72. The fraction of sp³-hybridized carbons (Fsp3) is 0.571. The molecule has 2 unspecified atom stereocenters. The fourth-order valence-electron chi connectivity index (χ4n) is 2.63. The molecule has 6 heteroatoms. The summed E-state index contributed by atoms with van der Waals surface area (Å²) in [5, 5.41) is 10.8. The van der Waals surface area contributed by atoms with E-state index in [9.17, 15) is 13.5 Å². The molecule has 112 valence electrons. The molecule has 0 amide bonds. The van der Waals surface area contributed by atoms with Crippen molar-refractivity contribution in [2.24, 2.45) is 5.73 Å². The van der Waals surface area contributed by atoms with E-state index >= 15 is 0 Å². The predicted molar refractivity (Wildman–Crippen MR) is 79.1 cm³/mol. The van der Waals surface area contributed by atoms with Crippen LogP contribution < -0.4 is 5.73 Å². The van der Waals surface area contributed by atoms with E-state index in [1.807, 2.05) is 42.2 Å². The summed E-state index contributed by atoms with van der Waals surface area (Å²) in [7, 11) is -2.95. The van der Waals surface area contributed by atoms with Crippen molar-refractivity contribution in [2.45, 2.75) is 18.6 Å². The molecule has 5 nitrogen and oxygen atoms in total. The van der Waals surface area contributed by atoms with Gasteiger partial charge in [-0.3, -0.25) is 4.90 Å². The second-order valence-electron chi connectivity index (χ2n) is 5.54. The van der Waals surface area contributed by atoms with Crippen LogP contribution in [0.15, 0.2) is 30.3 Å². The highest BCUT2D eigenvalue weighted by Crippen LogP contribution is 2.24. The molecular formula is C14H22N2O3S. The van der Waals surface area contributed by atoms with Crippen LogP contribution >= 0.6 is 0 Å². The summed E-state index contributed by atoms with van der Waals surface area (Å²) in [5.74, 6) is 0.287. The van der Waals surface area contributed by atoms with Crippen LogP contribution in [0.2, 0.25) is 0 Å². The molecule has 0 aliphatic carbocycles. The smallest absolute Gasteiger partial charge is 0.153 e. The van der Waals surface area contributed by atoms with Crippen molar-refractivity contribution in [2.75, 3.05) is 31.1 Å². The molecule has 2 rings (SSSR count). The van der Waals surface area contributed by atoms with Crippen LogP contribution in [0, 0.1) is 0 Å². The summed E-state index contributed by atoms with van der Waals surface area (Å²) >= 11 is 0. The molecule has 1 fully saturated rings. The van der Waals surface area contributed by atoms with Crippen LogP contribution in [0.25, 0.3) is 0 Å². The van der Waals surface area contributed by atoms with Crippen molar-refractivity contribution in [1.29, 1.82) is 0 Å². The Hall–Kier alpha value is -0.950. The van der Waals surface area contributed by atoms with E-state index in [4.69, 9.17) is 5.73 Å². The normalized spacial score (nSPS) is 26.1. The highest BCUT2D eigenvalue weighted by molar-refractivity contribution is 7.91. The molecule has 0 aromatic heterocycles. The highest BCUT2D eigenvalue weighted by Gasteiger charge is 2.35. The SMILES string of the molecule is CC1CS(=O)(=O)CCN1CC(O)(CN)c1ccccc1. The van der Waals surface area contributed by atoms with Crippen LogP contribution in [0.3, 0.4) is 0 Å². The number of nitrogens with two attached hydrogens (primary N) is 1. The van der Waals surface area contributed by atoms with E-state index in [0.29, 0.717) is 13.1 Å². The van der Waals surface area contributed by atoms with E-state index in [1.165, 1.54) is 0 Å². The van der Waals surface area contributed by atoms with Crippen LogP contribution in [-0.2, 0) is 15.4 Å². The number of rotatable bonds is 4. The van der Waals surface area contributed by atoms with Gasteiger partial charge in [0.05, 0.1) is 11.5 Å². The van der Waals surface area contributed by atoms with Gasteiger partial charge in [0, 0.05) is 25.7 Å². The maximum Gasteiger partial charge on any atom is 0.153 e. The first-order chi connectivity index (χ1) is 9.36. The quantitative estimate of drug-likeness (QED) is 0.814. The monoisotopic (exact) mass is 298 g/mol. The van der Waals surface area contributed by atoms with Gasteiger partial charge in [0.1, 0.15) is 5.60 Å². The van der Waals surface area contributed by atoms with Gasteiger partial charge in [0.15, 0.2) is 9.84 Å². The second kappa shape index (κ2) is 5.81. The number of aliphatic hydroxyl groups is 1. The lowest BCUT2D eigenvalue weighted by Gasteiger charge is -2.39. The maximum atomic E-state index is 11.6. The van der Waals surface area contributed by atoms with Gasteiger partial charge in [-0.15, -0.1) is 0 Å². The minimum atomic E-state index is -2.95. The first kappa shape index (κ1) is 15.4. The van der Waals surface area contributed by atoms with Crippen molar-refractivity contribution in [3.05, 3.63) is 35.9 Å². The van der Waals surface area contributed by atoms with Crippen LogP contribution in [0.1, 0.15) is 12.5 Å². The Morgan fingerprint density at radius 2 is 2.05 bits per heavy atom. The molecule has 2 atom stereocenters. The van der Waals surface area contributed by atoms with Gasteiger partial charge >= 0.3 is 0 Å². The predicted octanol–water partition coefficient (Wildman–Crippen LogP) is -0.0482. The maximum absolute atomic E-state index is 11.6. The van der Waals surface area contributed by atoms with Crippen molar-refractivity contribution in [1.82, 2.24) is 4.90 Å². The number of benzene rings is 1. The van der Waals surface area contributed by atoms with Gasteiger partial charge in [-0.1, -0.05) is 30.3 Å². The van der Waals surface area contributed by atoms with Gasteiger partial charge in [0.25, 0.3) is 0 Å². The third kappa shape index (κ3) is 3.38. The Morgan fingerprint density at radius 3 is 2.60 bits per heavy atom. The minimum absolute atomic E-state index is 0.101. The Labute approximate surface area is 120 Å². The summed E-state index contributed by atoms with van der Waals surface area (Å²) in [6.45, 7) is 2.77. The Kier molecular flexibility index (Phi) is 4.49. The lowest BCUT2D eigenvalue weighted by Crippen LogP contribution is -2.54. The molecule has 1 heterocycles. The molecule has 1 aliphatic heterocycles. The molecule has 1 aromatic rings.